The van der Waals surface area contributed by atoms with Gasteiger partial charge >= 0.3 is 6.01 Å². The minimum atomic E-state index is 0.425. The lowest BCUT2D eigenvalue weighted by Gasteiger charge is -1.99. The van der Waals surface area contributed by atoms with Crippen molar-refractivity contribution in [1.29, 1.82) is 0 Å². The third-order valence-corrected chi connectivity index (χ3v) is 2.98. The van der Waals surface area contributed by atoms with Crippen molar-refractivity contribution in [2.24, 2.45) is 0 Å². The fraction of sp³-hybridized carbons (Fsp3) is 0.214. The van der Waals surface area contributed by atoms with E-state index in [9.17, 15) is 0 Å². The average Bonchev–Trinajstić information content (AvgIpc) is 3.04. The molecule has 1 aromatic carbocycles. The van der Waals surface area contributed by atoms with Gasteiger partial charge in [-0.3, -0.25) is 0 Å². The third kappa shape index (κ3) is 2.54. The molecule has 20 heavy (non-hydrogen) atoms. The van der Waals surface area contributed by atoms with Crippen LogP contribution in [0.2, 0.25) is 0 Å². The zero-order valence-corrected chi connectivity index (χ0v) is 11.4. The molecule has 0 radical (unpaired) electrons. The van der Waals surface area contributed by atoms with Gasteiger partial charge in [0, 0.05) is 18.3 Å². The predicted octanol–water partition coefficient (Wildman–Crippen LogP) is 2.48. The Labute approximate surface area is 116 Å². The van der Waals surface area contributed by atoms with E-state index in [2.05, 4.69) is 20.6 Å². The van der Waals surface area contributed by atoms with E-state index in [0.29, 0.717) is 18.4 Å². The van der Waals surface area contributed by atoms with Crippen LogP contribution in [0.4, 0.5) is 6.01 Å². The first kappa shape index (κ1) is 12.4. The van der Waals surface area contributed by atoms with Crippen LogP contribution in [-0.2, 0) is 6.54 Å². The molecule has 6 nitrogen and oxygen atoms in total. The van der Waals surface area contributed by atoms with E-state index in [0.717, 1.165) is 16.9 Å². The van der Waals surface area contributed by atoms with Gasteiger partial charge in [-0.2, -0.15) is 10.1 Å². The Hall–Kier alpha value is -2.63. The van der Waals surface area contributed by atoms with Crippen molar-refractivity contribution in [2.75, 3.05) is 5.32 Å². The zero-order chi connectivity index (χ0) is 13.9. The molecule has 0 bridgehead atoms. The standard InChI is InChI=1S/C14H15N5O/c1-10-12(8-15-14-16-11(2)18-20-14)9-19(17-10)13-6-4-3-5-7-13/h3-7,9H,8H2,1-2H3,(H,15,16,18). The van der Waals surface area contributed by atoms with Crippen molar-refractivity contribution in [3.63, 3.8) is 0 Å². The van der Waals surface area contributed by atoms with Gasteiger partial charge in [0.2, 0.25) is 0 Å². The lowest BCUT2D eigenvalue weighted by molar-refractivity contribution is 0.425. The highest BCUT2D eigenvalue weighted by Crippen LogP contribution is 2.13. The second-order valence-electron chi connectivity index (χ2n) is 4.52. The van der Waals surface area contributed by atoms with Gasteiger partial charge in [0.05, 0.1) is 11.4 Å². The fourth-order valence-corrected chi connectivity index (χ4v) is 1.92. The minimum Gasteiger partial charge on any atom is -0.334 e. The Morgan fingerprint density at radius 3 is 2.70 bits per heavy atom. The molecule has 6 heteroatoms. The molecule has 2 aromatic heterocycles. The minimum absolute atomic E-state index is 0.425. The van der Waals surface area contributed by atoms with E-state index in [1.54, 1.807) is 6.92 Å². The van der Waals surface area contributed by atoms with Crippen molar-refractivity contribution < 1.29 is 4.52 Å². The molecule has 0 aliphatic heterocycles. The molecule has 0 saturated carbocycles. The number of benzene rings is 1. The number of hydrogen-bond donors (Lipinski definition) is 1. The van der Waals surface area contributed by atoms with E-state index in [-0.39, 0.29) is 0 Å². The van der Waals surface area contributed by atoms with Gasteiger partial charge in [-0.25, -0.2) is 4.68 Å². The number of hydrogen-bond acceptors (Lipinski definition) is 5. The monoisotopic (exact) mass is 269 g/mol. The summed E-state index contributed by atoms with van der Waals surface area (Å²) < 4.78 is 6.88. The number of nitrogens with zero attached hydrogens (tertiary/aromatic N) is 4. The summed E-state index contributed by atoms with van der Waals surface area (Å²) in [6.45, 7) is 4.36. The van der Waals surface area contributed by atoms with Crippen LogP contribution in [-0.4, -0.2) is 19.9 Å². The topological polar surface area (TPSA) is 68.8 Å². The smallest absolute Gasteiger partial charge is 0.321 e. The Kier molecular flexibility index (Phi) is 3.20. The predicted molar refractivity (Wildman–Crippen MR) is 74.7 cm³/mol. The van der Waals surface area contributed by atoms with E-state index >= 15 is 0 Å². The number of anilines is 1. The van der Waals surface area contributed by atoms with Gasteiger partial charge in [-0.15, -0.1) is 0 Å². The number of nitrogens with one attached hydrogen (secondary N) is 1. The molecule has 0 atom stereocenters. The van der Waals surface area contributed by atoms with E-state index in [1.165, 1.54) is 0 Å². The van der Waals surface area contributed by atoms with Crippen LogP contribution in [0.15, 0.2) is 41.1 Å². The molecule has 2 heterocycles. The third-order valence-electron chi connectivity index (χ3n) is 2.98. The molecule has 0 aliphatic rings. The SMILES string of the molecule is Cc1noc(NCc2cn(-c3ccccc3)nc2C)n1. The van der Waals surface area contributed by atoms with Gasteiger partial charge in [0.1, 0.15) is 0 Å². The van der Waals surface area contributed by atoms with Crippen LogP contribution in [0.5, 0.6) is 0 Å². The summed E-state index contributed by atoms with van der Waals surface area (Å²) in [4.78, 5) is 4.10. The summed E-state index contributed by atoms with van der Waals surface area (Å²) in [6.07, 6.45) is 2.00. The molecule has 0 fully saturated rings. The molecule has 0 saturated heterocycles. The van der Waals surface area contributed by atoms with Crippen LogP contribution in [0, 0.1) is 13.8 Å². The highest BCUT2D eigenvalue weighted by atomic mass is 16.5. The lowest BCUT2D eigenvalue weighted by atomic mass is 10.2. The molecule has 0 aliphatic carbocycles. The largest absolute Gasteiger partial charge is 0.334 e. The number of aryl methyl sites for hydroxylation is 2. The summed E-state index contributed by atoms with van der Waals surface area (Å²) in [5, 5.41) is 11.3. The Morgan fingerprint density at radius 2 is 2.00 bits per heavy atom. The molecule has 0 spiro atoms. The zero-order valence-electron chi connectivity index (χ0n) is 11.4. The molecule has 3 aromatic rings. The molecule has 3 rings (SSSR count). The molecule has 102 valence electrons. The maximum absolute atomic E-state index is 5.02. The number of rotatable bonds is 4. The molecule has 1 N–H and O–H groups in total. The van der Waals surface area contributed by atoms with Crippen LogP contribution in [0.25, 0.3) is 5.69 Å². The van der Waals surface area contributed by atoms with Gasteiger partial charge in [0.15, 0.2) is 5.82 Å². The molecular formula is C14H15N5O. The van der Waals surface area contributed by atoms with Gasteiger partial charge in [-0.05, 0) is 26.0 Å². The van der Waals surface area contributed by atoms with Crippen LogP contribution in [0.3, 0.4) is 0 Å². The van der Waals surface area contributed by atoms with Gasteiger partial charge < -0.3 is 9.84 Å². The Morgan fingerprint density at radius 1 is 1.20 bits per heavy atom. The van der Waals surface area contributed by atoms with Crippen LogP contribution in [0.1, 0.15) is 17.1 Å². The second-order valence-corrected chi connectivity index (χ2v) is 4.52. The second kappa shape index (κ2) is 5.16. The van der Waals surface area contributed by atoms with Gasteiger partial charge in [-0.1, -0.05) is 23.4 Å². The Bertz CT molecular complexity index is 701. The maximum atomic E-state index is 5.02. The lowest BCUT2D eigenvalue weighted by Crippen LogP contribution is -2.00. The summed E-state index contributed by atoms with van der Waals surface area (Å²) in [7, 11) is 0. The van der Waals surface area contributed by atoms with Crippen LogP contribution >= 0.6 is 0 Å². The number of para-hydroxylation sites is 1. The molecule has 0 unspecified atom stereocenters. The van der Waals surface area contributed by atoms with Crippen molar-refractivity contribution in [3.8, 4) is 5.69 Å². The summed E-state index contributed by atoms with van der Waals surface area (Å²) >= 11 is 0. The highest BCUT2D eigenvalue weighted by molar-refractivity contribution is 5.33. The van der Waals surface area contributed by atoms with E-state index in [4.69, 9.17) is 4.52 Å². The van der Waals surface area contributed by atoms with E-state index in [1.807, 2.05) is 48.1 Å². The van der Waals surface area contributed by atoms with Crippen molar-refractivity contribution >= 4 is 6.01 Å². The van der Waals surface area contributed by atoms with Crippen molar-refractivity contribution in [1.82, 2.24) is 19.9 Å². The summed E-state index contributed by atoms with van der Waals surface area (Å²) in [5.74, 6) is 0.615. The first-order chi connectivity index (χ1) is 9.72. The first-order valence-corrected chi connectivity index (χ1v) is 6.37. The molecule has 0 amide bonds. The quantitative estimate of drug-likeness (QED) is 0.788. The highest BCUT2D eigenvalue weighted by Gasteiger charge is 2.08. The van der Waals surface area contributed by atoms with Crippen molar-refractivity contribution in [3.05, 3.63) is 53.6 Å². The summed E-state index contributed by atoms with van der Waals surface area (Å²) in [5.41, 5.74) is 3.10. The average molecular weight is 269 g/mol. The van der Waals surface area contributed by atoms with E-state index < -0.39 is 0 Å². The number of aromatic nitrogens is 4. The normalized spacial score (nSPS) is 10.7. The Balaban J connectivity index is 1.76. The maximum Gasteiger partial charge on any atom is 0.321 e. The summed E-state index contributed by atoms with van der Waals surface area (Å²) in [6, 6.07) is 10.4. The fourth-order valence-electron chi connectivity index (χ4n) is 1.92. The van der Waals surface area contributed by atoms with Gasteiger partial charge in [0.25, 0.3) is 0 Å². The van der Waals surface area contributed by atoms with Crippen molar-refractivity contribution in [2.45, 2.75) is 20.4 Å². The van der Waals surface area contributed by atoms with Crippen LogP contribution < -0.4 is 5.32 Å². The molecular weight excluding hydrogens is 254 g/mol. The first-order valence-electron chi connectivity index (χ1n) is 6.37.